The summed E-state index contributed by atoms with van der Waals surface area (Å²) in [6.45, 7) is 1.56. The van der Waals surface area contributed by atoms with E-state index in [9.17, 15) is 4.79 Å². The number of hydrogen-bond donors (Lipinski definition) is 2. The molecule has 3 rings (SSSR count). The first-order chi connectivity index (χ1) is 12.3. The van der Waals surface area contributed by atoms with Crippen molar-refractivity contribution in [3.8, 4) is 0 Å². The van der Waals surface area contributed by atoms with Crippen LogP contribution >= 0.6 is 0 Å². The zero-order chi connectivity index (χ0) is 17.3. The first-order valence-electron chi connectivity index (χ1n) is 9.15. The van der Waals surface area contributed by atoms with E-state index < -0.39 is 0 Å². The fourth-order valence-electron chi connectivity index (χ4n) is 3.26. The van der Waals surface area contributed by atoms with Gasteiger partial charge in [-0.05, 0) is 43.2 Å². The van der Waals surface area contributed by atoms with Crippen LogP contribution in [0, 0.1) is 0 Å². The maximum absolute atomic E-state index is 12.5. The highest BCUT2D eigenvalue weighted by atomic mass is 16.1. The Balaban J connectivity index is 1.47. The van der Waals surface area contributed by atoms with Gasteiger partial charge in [0.05, 0.1) is 0 Å². The summed E-state index contributed by atoms with van der Waals surface area (Å²) in [7, 11) is 0. The van der Waals surface area contributed by atoms with Gasteiger partial charge in [-0.1, -0.05) is 60.7 Å². The standard InChI is InChI=1S/C22H26N2O/c25-22(24-17-15-19-10-5-2-6-11-19)20-12-7-13-21(20)23-16-14-18-8-3-1-4-9-18/h1-6,8-11,23H,7,12-17H2,(H,24,25). The van der Waals surface area contributed by atoms with Gasteiger partial charge in [-0.3, -0.25) is 4.79 Å². The van der Waals surface area contributed by atoms with Crippen LogP contribution in [0.15, 0.2) is 71.9 Å². The highest BCUT2D eigenvalue weighted by Crippen LogP contribution is 2.24. The summed E-state index contributed by atoms with van der Waals surface area (Å²) in [4.78, 5) is 12.5. The number of allylic oxidation sites excluding steroid dienone is 1. The lowest BCUT2D eigenvalue weighted by Gasteiger charge is -2.11. The molecular weight excluding hydrogens is 308 g/mol. The van der Waals surface area contributed by atoms with Crippen molar-refractivity contribution in [1.29, 1.82) is 0 Å². The van der Waals surface area contributed by atoms with Crippen molar-refractivity contribution in [3.63, 3.8) is 0 Å². The van der Waals surface area contributed by atoms with E-state index in [0.29, 0.717) is 6.54 Å². The summed E-state index contributed by atoms with van der Waals surface area (Å²) in [6, 6.07) is 20.7. The third-order valence-corrected chi connectivity index (χ3v) is 4.63. The van der Waals surface area contributed by atoms with Gasteiger partial charge in [0.15, 0.2) is 0 Å². The van der Waals surface area contributed by atoms with Crippen LogP contribution in [0.25, 0.3) is 0 Å². The minimum Gasteiger partial charge on any atom is -0.388 e. The normalized spacial score (nSPS) is 13.8. The molecule has 0 saturated heterocycles. The van der Waals surface area contributed by atoms with Crippen molar-refractivity contribution < 1.29 is 4.79 Å². The second kappa shape index (κ2) is 9.07. The van der Waals surface area contributed by atoms with Crippen LogP contribution in [0.1, 0.15) is 30.4 Å². The van der Waals surface area contributed by atoms with Crippen LogP contribution in [-0.4, -0.2) is 19.0 Å². The molecule has 3 heteroatoms. The Kier molecular flexibility index (Phi) is 6.27. The van der Waals surface area contributed by atoms with Gasteiger partial charge >= 0.3 is 0 Å². The van der Waals surface area contributed by atoms with Gasteiger partial charge < -0.3 is 10.6 Å². The van der Waals surface area contributed by atoms with Crippen molar-refractivity contribution in [2.75, 3.05) is 13.1 Å². The van der Waals surface area contributed by atoms with E-state index in [2.05, 4.69) is 47.0 Å². The molecule has 25 heavy (non-hydrogen) atoms. The molecule has 2 aromatic carbocycles. The zero-order valence-electron chi connectivity index (χ0n) is 14.6. The molecule has 0 bridgehead atoms. The molecule has 0 aliphatic heterocycles. The van der Waals surface area contributed by atoms with Crippen molar-refractivity contribution in [2.45, 2.75) is 32.1 Å². The molecule has 0 spiro atoms. The molecule has 1 aliphatic rings. The number of hydrogen-bond acceptors (Lipinski definition) is 2. The molecule has 2 aromatic rings. The highest BCUT2D eigenvalue weighted by molar-refractivity contribution is 5.94. The summed E-state index contributed by atoms with van der Waals surface area (Å²) in [5.74, 6) is 0.0932. The molecular formula is C22H26N2O. The first-order valence-corrected chi connectivity index (χ1v) is 9.15. The number of carbonyl (C=O) groups is 1. The molecule has 0 fully saturated rings. The van der Waals surface area contributed by atoms with Crippen LogP contribution in [0.4, 0.5) is 0 Å². The topological polar surface area (TPSA) is 41.1 Å². The number of benzene rings is 2. The smallest absolute Gasteiger partial charge is 0.248 e. The fourth-order valence-corrected chi connectivity index (χ4v) is 3.26. The Labute approximate surface area is 150 Å². The maximum Gasteiger partial charge on any atom is 0.248 e. The van der Waals surface area contributed by atoms with E-state index in [0.717, 1.165) is 49.9 Å². The monoisotopic (exact) mass is 334 g/mol. The molecule has 130 valence electrons. The minimum absolute atomic E-state index is 0.0932. The second-order valence-electron chi connectivity index (χ2n) is 6.46. The molecule has 2 N–H and O–H groups in total. The third-order valence-electron chi connectivity index (χ3n) is 4.63. The summed E-state index contributed by atoms with van der Waals surface area (Å²) in [5, 5.41) is 6.56. The van der Waals surface area contributed by atoms with Crippen molar-refractivity contribution in [3.05, 3.63) is 83.1 Å². The lowest BCUT2D eigenvalue weighted by molar-refractivity contribution is -0.117. The number of amides is 1. The number of rotatable bonds is 8. The Morgan fingerprint density at radius 3 is 2.04 bits per heavy atom. The van der Waals surface area contributed by atoms with Crippen LogP contribution in [0.3, 0.4) is 0 Å². The Hall–Kier alpha value is -2.55. The highest BCUT2D eigenvalue weighted by Gasteiger charge is 2.20. The summed E-state index contributed by atoms with van der Waals surface area (Å²) in [5.41, 5.74) is 4.65. The van der Waals surface area contributed by atoms with E-state index in [1.165, 1.54) is 11.1 Å². The molecule has 1 amide bonds. The van der Waals surface area contributed by atoms with Crippen molar-refractivity contribution in [2.24, 2.45) is 0 Å². The summed E-state index contributed by atoms with van der Waals surface area (Å²) >= 11 is 0. The molecule has 1 aliphatic carbocycles. The number of nitrogens with one attached hydrogen (secondary N) is 2. The van der Waals surface area contributed by atoms with Crippen molar-refractivity contribution in [1.82, 2.24) is 10.6 Å². The quantitative estimate of drug-likeness (QED) is 0.774. The van der Waals surface area contributed by atoms with Gasteiger partial charge in [0.25, 0.3) is 0 Å². The molecule has 0 aromatic heterocycles. The van der Waals surface area contributed by atoms with Crippen LogP contribution in [0.2, 0.25) is 0 Å². The van der Waals surface area contributed by atoms with E-state index in [-0.39, 0.29) is 5.91 Å². The predicted octanol–water partition coefficient (Wildman–Crippen LogP) is 3.62. The van der Waals surface area contributed by atoms with E-state index in [4.69, 9.17) is 0 Å². The maximum atomic E-state index is 12.5. The lowest BCUT2D eigenvalue weighted by Crippen LogP contribution is -2.29. The second-order valence-corrected chi connectivity index (χ2v) is 6.46. The van der Waals surface area contributed by atoms with E-state index in [1.54, 1.807) is 0 Å². The Bertz CT molecular complexity index is 707. The van der Waals surface area contributed by atoms with Gasteiger partial charge in [-0.15, -0.1) is 0 Å². The van der Waals surface area contributed by atoms with Crippen molar-refractivity contribution >= 4 is 5.91 Å². The summed E-state index contributed by atoms with van der Waals surface area (Å²) in [6.07, 6.45) is 4.78. The molecule has 0 atom stereocenters. The third kappa shape index (κ3) is 5.21. The van der Waals surface area contributed by atoms with E-state index in [1.807, 2.05) is 24.3 Å². The van der Waals surface area contributed by atoms with Gasteiger partial charge in [-0.2, -0.15) is 0 Å². The molecule has 0 unspecified atom stereocenters. The van der Waals surface area contributed by atoms with Gasteiger partial charge in [0, 0.05) is 24.4 Å². The van der Waals surface area contributed by atoms with Crippen LogP contribution in [0.5, 0.6) is 0 Å². The molecule has 0 heterocycles. The van der Waals surface area contributed by atoms with Crippen LogP contribution in [-0.2, 0) is 17.6 Å². The SMILES string of the molecule is O=C(NCCc1ccccc1)C1=C(NCCc2ccccc2)CCC1. The van der Waals surface area contributed by atoms with Gasteiger partial charge in [-0.25, -0.2) is 0 Å². The first kappa shape index (κ1) is 17.3. The van der Waals surface area contributed by atoms with E-state index >= 15 is 0 Å². The molecule has 0 saturated carbocycles. The minimum atomic E-state index is 0.0932. The lowest BCUT2D eigenvalue weighted by atomic mass is 10.1. The summed E-state index contributed by atoms with van der Waals surface area (Å²) < 4.78 is 0. The largest absolute Gasteiger partial charge is 0.388 e. The number of carbonyl (C=O) groups excluding carboxylic acids is 1. The zero-order valence-corrected chi connectivity index (χ0v) is 14.6. The molecule has 3 nitrogen and oxygen atoms in total. The average Bonchev–Trinajstić information content (AvgIpc) is 3.12. The van der Waals surface area contributed by atoms with Gasteiger partial charge in [0.2, 0.25) is 5.91 Å². The Morgan fingerprint density at radius 1 is 0.800 bits per heavy atom. The van der Waals surface area contributed by atoms with Gasteiger partial charge in [0.1, 0.15) is 0 Å². The molecule has 0 radical (unpaired) electrons. The Morgan fingerprint density at radius 2 is 1.40 bits per heavy atom. The predicted molar refractivity (Wildman–Crippen MR) is 102 cm³/mol. The van der Waals surface area contributed by atoms with Crippen LogP contribution < -0.4 is 10.6 Å². The fraction of sp³-hybridized carbons (Fsp3) is 0.318. The average molecular weight is 334 g/mol.